The Kier molecular flexibility index (Phi) is 6.42. The summed E-state index contributed by atoms with van der Waals surface area (Å²) in [4.78, 5) is 0. The normalized spacial score (nSPS) is 10.8. The van der Waals surface area contributed by atoms with E-state index in [1.54, 1.807) is 0 Å². The molecule has 0 nitrogen and oxygen atoms in total. The molecular weight excluding hydrogens is 319 g/mol. The van der Waals surface area contributed by atoms with Crippen molar-refractivity contribution < 1.29 is 0 Å². The van der Waals surface area contributed by atoms with Crippen LogP contribution in [0.4, 0.5) is 0 Å². The van der Waals surface area contributed by atoms with Gasteiger partial charge in [0.1, 0.15) is 0 Å². The van der Waals surface area contributed by atoms with E-state index in [2.05, 4.69) is 89.0 Å². The van der Waals surface area contributed by atoms with Crippen LogP contribution in [0.5, 0.6) is 0 Å². The Hall–Kier alpha value is -1.91. The van der Waals surface area contributed by atoms with Gasteiger partial charge in [-0.2, -0.15) is 0 Å². The maximum Gasteiger partial charge on any atom is -0.00258 e. The lowest BCUT2D eigenvalue weighted by molar-refractivity contribution is 1.11. The van der Waals surface area contributed by atoms with Crippen LogP contribution in [0.15, 0.2) is 72.8 Å². The Labute approximate surface area is 154 Å². The molecule has 0 bridgehead atoms. The zero-order chi connectivity index (χ0) is 17.5. The quantitative estimate of drug-likeness (QED) is 0.471. The molecule has 0 heterocycles. The fourth-order valence-electron chi connectivity index (χ4n) is 3.13. The second kappa shape index (κ2) is 8.97. The van der Waals surface area contributed by atoms with Crippen molar-refractivity contribution in [1.82, 2.24) is 0 Å². The fourth-order valence-corrected chi connectivity index (χ4v) is 3.46. The first-order valence-electron chi connectivity index (χ1n) is 9.20. The topological polar surface area (TPSA) is 0 Å². The molecule has 0 fully saturated rings. The molecule has 1 heteroatoms. The largest absolute Gasteiger partial charge is 0.137 e. The van der Waals surface area contributed by atoms with Crippen LogP contribution in [0.2, 0.25) is 0 Å². The minimum absolute atomic E-state index is 1.01. The summed E-state index contributed by atoms with van der Waals surface area (Å²) in [6, 6.07) is 27.1. The third-order valence-corrected chi connectivity index (χ3v) is 5.02. The van der Waals surface area contributed by atoms with Gasteiger partial charge in [-0.1, -0.05) is 79.7 Å². The SMILES string of the molecule is CCc1ccc(Cc2ccc(Cc3ccc(CCP)cc3)cc2)cc1. The van der Waals surface area contributed by atoms with Crippen molar-refractivity contribution in [2.45, 2.75) is 32.6 Å². The molecule has 1 atom stereocenters. The number of rotatable bonds is 7. The monoisotopic (exact) mass is 346 g/mol. The summed E-state index contributed by atoms with van der Waals surface area (Å²) in [5.74, 6) is 0. The third kappa shape index (κ3) is 5.28. The standard InChI is InChI=1S/C24H27P/c1-2-19-3-7-21(8-4-19)17-23-11-13-24(14-12-23)18-22-9-5-20(6-10-22)15-16-25/h3-14H,2,15-18,25H2,1H3. The predicted molar refractivity (Wildman–Crippen MR) is 113 cm³/mol. The molecular formula is C24H27P. The zero-order valence-corrected chi connectivity index (χ0v) is 16.2. The van der Waals surface area contributed by atoms with E-state index in [-0.39, 0.29) is 0 Å². The predicted octanol–water partition coefficient (Wildman–Crippen LogP) is 5.85. The molecule has 1 unspecified atom stereocenters. The van der Waals surface area contributed by atoms with E-state index in [0.29, 0.717) is 0 Å². The highest BCUT2D eigenvalue weighted by atomic mass is 31.0. The van der Waals surface area contributed by atoms with Crippen molar-refractivity contribution in [2.24, 2.45) is 0 Å². The minimum atomic E-state index is 1.01. The molecule has 3 rings (SSSR count). The van der Waals surface area contributed by atoms with Crippen molar-refractivity contribution in [1.29, 1.82) is 0 Å². The van der Waals surface area contributed by atoms with Gasteiger partial charge >= 0.3 is 0 Å². The molecule has 25 heavy (non-hydrogen) atoms. The Morgan fingerprint density at radius 1 is 0.520 bits per heavy atom. The maximum atomic E-state index is 2.79. The molecule has 0 aromatic heterocycles. The van der Waals surface area contributed by atoms with Crippen LogP contribution in [-0.2, 0) is 25.7 Å². The lowest BCUT2D eigenvalue weighted by Gasteiger charge is -2.07. The highest BCUT2D eigenvalue weighted by Crippen LogP contribution is 2.15. The molecule has 3 aromatic rings. The lowest BCUT2D eigenvalue weighted by atomic mass is 9.99. The lowest BCUT2D eigenvalue weighted by Crippen LogP contribution is -1.93. The van der Waals surface area contributed by atoms with Crippen LogP contribution in [0.25, 0.3) is 0 Å². The van der Waals surface area contributed by atoms with Gasteiger partial charge in [0.25, 0.3) is 0 Å². The molecule has 0 saturated heterocycles. The summed E-state index contributed by atoms with van der Waals surface area (Å²) in [6.45, 7) is 2.20. The fraction of sp³-hybridized carbons (Fsp3) is 0.250. The highest BCUT2D eigenvalue weighted by Gasteiger charge is 2.00. The van der Waals surface area contributed by atoms with Crippen LogP contribution >= 0.6 is 9.24 Å². The van der Waals surface area contributed by atoms with E-state index in [9.17, 15) is 0 Å². The van der Waals surface area contributed by atoms with Crippen molar-refractivity contribution in [3.8, 4) is 0 Å². The second-order valence-corrected chi connectivity index (χ2v) is 7.27. The van der Waals surface area contributed by atoms with E-state index in [4.69, 9.17) is 0 Å². The van der Waals surface area contributed by atoms with E-state index in [1.165, 1.54) is 33.4 Å². The first-order chi connectivity index (χ1) is 12.3. The Balaban J connectivity index is 1.61. The Bertz CT molecular complexity index is 768. The number of hydrogen-bond acceptors (Lipinski definition) is 0. The molecule has 0 aliphatic rings. The average molecular weight is 346 g/mol. The summed E-state index contributed by atoms with van der Waals surface area (Å²) in [5, 5.41) is 0. The Morgan fingerprint density at radius 3 is 1.16 bits per heavy atom. The van der Waals surface area contributed by atoms with Crippen molar-refractivity contribution in [2.75, 3.05) is 6.16 Å². The van der Waals surface area contributed by atoms with Crippen molar-refractivity contribution >= 4 is 9.24 Å². The van der Waals surface area contributed by atoms with Crippen LogP contribution in [-0.4, -0.2) is 6.16 Å². The first kappa shape index (κ1) is 17.9. The van der Waals surface area contributed by atoms with E-state index < -0.39 is 0 Å². The minimum Gasteiger partial charge on any atom is -0.137 e. The molecule has 0 aliphatic heterocycles. The molecule has 0 aliphatic carbocycles. The van der Waals surface area contributed by atoms with Crippen LogP contribution < -0.4 is 0 Å². The summed E-state index contributed by atoms with van der Waals surface area (Å²) in [5.41, 5.74) is 8.35. The summed E-state index contributed by atoms with van der Waals surface area (Å²) in [7, 11) is 2.79. The smallest absolute Gasteiger partial charge is 0.00258 e. The summed E-state index contributed by atoms with van der Waals surface area (Å²) >= 11 is 0. The number of hydrogen-bond donors (Lipinski definition) is 0. The van der Waals surface area contributed by atoms with E-state index in [0.717, 1.165) is 31.8 Å². The second-order valence-electron chi connectivity index (χ2n) is 6.70. The molecule has 0 spiro atoms. The van der Waals surface area contributed by atoms with Gasteiger partial charge in [0.15, 0.2) is 0 Å². The molecule has 0 radical (unpaired) electrons. The number of benzene rings is 3. The number of aryl methyl sites for hydroxylation is 2. The average Bonchev–Trinajstić information content (AvgIpc) is 2.66. The van der Waals surface area contributed by atoms with Gasteiger partial charge in [0.05, 0.1) is 0 Å². The molecule has 3 aromatic carbocycles. The summed E-state index contributed by atoms with van der Waals surface area (Å²) in [6.07, 6.45) is 5.38. The van der Waals surface area contributed by atoms with E-state index in [1.807, 2.05) is 0 Å². The van der Waals surface area contributed by atoms with Gasteiger partial charge in [0.2, 0.25) is 0 Å². The summed E-state index contributed by atoms with van der Waals surface area (Å²) < 4.78 is 0. The van der Waals surface area contributed by atoms with Crippen LogP contribution in [0.1, 0.15) is 40.3 Å². The van der Waals surface area contributed by atoms with Gasteiger partial charge in [-0.3, -0.25) is 0 Å². The highest BCUT2D eigenvalue weighted by molar-refractivity contribution is 7.16. The molecule has 0 amide bonds. The zero-order valence-electron chi connectivity index (χ0n) is 15.0. The third-order valence-electron chi connectivity index (χ3n) is 4.73. The van der Waals surface area contributed by atoms with Crippen molar-refractivity contribution in [3.63, 3.8) is 0 Å². The molecule has 0 saturated carbocycles. The van der Waals surface area contributed by atoms with Crippen molar-refractivity contribution in [3.05, 3.63) is 106 Å². The van der Waals surface area contributed by atoms with Gasteiger partial charge in [0, 0.05) is 0 Å². The van der Waals surface area contributed by atoms with Crippen LogP contribution in [0, 0.1) is 0 Å². The van der Waals surface area contributed by atoms with Gasteiger partial charge in [-0.05, 0) is 65.2 Å². The molecule has 0 N–H and O–H groups in total. The molecule has 128 valence electrons. The first-order valence-corrected chi connectivity index (χ1v) is 10.0. The van der Waals surface area contributed by atoms with Gasteiger partial charge in [-0.25, -0.2) is 0 Å². The maximum absolute atomic E-state index is 2.79. The van der Waals surface area contributed by atoms with Gasteiger partial charge < -0.3 is 0 Å². The Morgan fingerprint density at radius 2 is 0.840 bits per heavy atom. The van der Waals surface area contributed by atoms with Gasteiger partial charge in [-0.15, -0.1) is 9.24 Å². The van der Waals surface area contributed by atoms with E-state index >= 15 is 0 Å². The van der Waals surface area contributed by atoms with Crippen LogP contribution in [0.3, 0.4) is 0 Å².